The van der Waals surface area contributed by atoms with Crippen molar-refractivity contribution in [1.29, 1.82) is 0 Å². The Labute approximate surface area is 201 Å². The largest absolute Gasteiger partial charge is 0.466 e. The standard InChI is InChI=1S/C29H33N3O2/c1-4-34-26(33)9-7-5-6-8-19-32-20-18-25-29(32)31-28(24-16-12-22(3)13-17-24)27(30-25)23-14-10-21(2)11-15-23/h10-18,20H,4-9,19H2,1-3H3. The van der Waals surface area contributed by atoms with E-state index in [-0.39, 0.29) is 5.97 Å². The molecule has 4 aromatic rings. The topological polar surface area (TPSA) is 57.0 Å². The summed E-state index contributed by atoms with van der Waals surface area (Å²) in [5.41, 5.74) is 8.24. The van der Waals surface area contributed by atoms with Crippen LogP contribution in [0, 0.1) is 13.8 Å². The summed E-state index contributed by atoms with van der Waals surface area (Å²) in [7, 11) is 0. The lowest BCUT2D eigenvalue weighted by molar-refractivity contribution is -0.143. The zero-order valence-corrected chi connectivity index (χ0v) is 20.4. The number of unbranched alkanes of at least 4 members (excludes halogenated alkanes) is 3. The summed E-state index contributed by atoms with van der Waals surface area (Å²) in [6, 6.07) is 19.0. The number of aromatic nitrogens is 3. The van der Waals surface area contributed by atoms with E-state index >= 15 is 0 Å². The van der Waals surface area contributed by atoms with Crippen molar-refractivity contribution >= 4 is 17.1 Å². The molecule has 4 rings (SSSR count). The SMILES string of the molecule is CCOC(=O)CCCCCCn1ccc2nc(-c3ccc(C)cc3)c(-c3ccc(C)cc3)nc21. The third-order valence-electron chi connectivity index (χ3n) is 6.07. The molecule has 0 aliphatic heterocycles. The number of rotatable bonds is 10. The molecule has 5 nitrogen and oxygen atoms in total. The Balaban J connectivity index is 1.55. The first-order chi connectivity index (χ1) is 16.5. The number of carbonyl (C=O) groups excluding carboxylic acids is 1. The van der Waals surface area contributed by atoms with Crippen LogP contribution in [0.1, 0.15) is 50.2 Å². The van der Waals surface area contributed by atoms with E-state index in [2.05, 4.69) is 79.2 Å². The van der Waals surface area contributed by atoms with Crippen molar-refractivity contribution in [3.63, 3.8) is 0 Å². The van der Waals surface area contributed by atoms with Crippen molar-refractivity contribution in [3.05, 3.63) is 71.9 Å². The van der Waals surface area contributed by atoms with Crippen molar-refractivity contribution in [2.45, 2.75) is 59.4 Å². The molecule has 176 valence electrons. The second kappa shape index (κ2) is 11.1. The quantitative estimate of drug-likeness (QED) is 0.193. The molecule has 5 heteroatoms. The van der Waals surface area contributed by atoms with Crippen molar-refractivity contribution in [2.24, 2.45) is 0 Å². The van der Waals surface area contributed by atoms with Crippen LogP contribution in [0.15, 0.2) is 60.8 Å². The van der Waals surface area contributed by atoms with E-state index in [1.165, 1.54) is 11.1 Å². The smallest absolute Gasteiger partial charge is 0.305 e. The van der Waals surface area contributed by atoms with Crippen LogP contribution in [0.25, 0.3) is 33.7 Å². The molecule has 2 heterocycles. The lowest BCUT2D eigenvalue weighted by Gasteiger charge is -2.11. The summed E-state index contributed by atoms with van der Waals surface area (Å²) in [5.74, 6) is -0.0952. The first-order valence-corrected chi connectivity index (χ1v) is 12.2. The Hall–Kier alpha value is -3.47. The van der Waals surface area contributed by atoms with Gasteiger partial charge in [0.2, 0.25) is 0 Å². The molecule has 0 radical (unpaired) electrons. The molecule has 0 aliphatic rings. The van der Waals surface area contributed by atoms with Crippen LogP contribution < -0.4 is 0 Å². The van der Waals surface area contributed by atoms with Gasteiger partial charge in [0, 0.05) is 30.3 Å². The van der Waals surface area contributed by atoms with Crippen LogP contribution in [-0.2, 0) is 16.1 Å². The molecular formula is C29H33N3O2. The van der Waals surface area contributed by atoms with Crippen LogP contribution in [0.4, 0.5) is 0 Å². The summed E-state index contributed by atoms with van der Waals surface area (Å²) in [5, 5.41) is 0. The fraction of sp³-hybridized carbons (Fsp3) is 0.345. The van der Waals surface area contributed by atoms with Gasteiger partial charge in [-0.25, -0.2) is 9.97 Å². The molecule has 0 amide bonds. The highest BCUT2D eigenvalue weighted by Crippen LogP contribution is 2.31. The van der Waals surface area contributed by atoms with Crippen molar-refractivity contribution in [1.82, 2.24) is 14.5 Å². The average Bonchev–Trinajstić information content (AvgIpc) is 3.23. The normalized spacial score (nSPS) is 11.1. The van der Waals surface area contributed by atoms with Gasteiger partial charge in [0.25, 0.3) is 0 Å². The molecule has 0 spiro atoms. The first-order valence-electron chi connectivity index (χ1n) is 12.2. The Morgan fingerprint density at radius 2 is 1.38 bits per heavy atom. The molecule has 0 saturated carbocycles. The zero-order valence-electron chi connectivity index (χ0n) is 20.4. The average molecular weight is 456 g/mol. The second-order valence-electron chi connectivity index (χ2n) is 8.84. The molecule has 0 bridgehead atoms. The van der Waals surface area contributed by atoms with Crippen LogP contribution in [-0.4, -0.2) is 27.1 Å². The highest BCUT2D eigenvalue weighted by molar-refractivity contribution is 5.85. The molecule has 0 aliphatic carbocycles. The molecule has 0 fully saturated rings. The van der Waals surface area contributed by atoms with E-state index < -0.39 is 0 Å². The van der Waals surface area contributed by atoms with E-state index in [4.69, 9.17) is 14.7 Å². The summed E-state index contributed by atoms with van der Waals surface area (Å²) < 4.78 is 7.20. The zero-order chi connectivity index (χ0) is 23.9. The first kappa shape index (κ1) is 23.7. The van der Waals surface area contributed by atoms with Crippen LogP contribution >= 0.6 is 0 Å². The van der Waals surface area contributed by atoms with Crippen molar-refractivity contribution < 1.29 is 9.53 Å². The van der Waals surface area contributed by atoms with Crippen LogP contribution in [0.5, 0.6) is 0 Å². The van der Waals surface area contributed by atoms with E-state index in [1.54, 1.807) is 0 Å². The maximum atomic E-state index is 11.5. The summed E-state index contributed by atoms with van der Waals surface area (Å²) in [6.07, 6.45) is 6.60. The second-order valence-corrected chi connectivity index (χ2v) is 8.84. The predicted molar refractivity (Wildman–Crippen MR) is 138 cm³/mol. The maximum absolute atomic E-state index is 11.5. The molecule has 0 unspecified atom stereocenters. The van der Waals surface area contributed by atoms with Gasteiger partial charge >= 0.3 is 5.97 Å². The predicted octanol–water partition coefficient (Wildman–Crippen LogP) is 6.90. The monoisotopic (exact) mass is 455 g/mol. The minimum atomic E-state index is -0.0952. The van der Waals surface area contributed by atoms with E-state index in [0.717, 1.165) is 65.9 Å². The van der Waals surface area contributed by atoms with Gasteiger partial charge in [-0.15, -0.1) is 0 Å². The molecule has 2 aromatic heterocycles. The van der Waals surface area contributed by atoms with E-state index in [9.17, 15) is 4.79 Å². The minimum absolute atomic E-state index is 0.0952. The van der Waals surface area contributed by atoms with Gasteiger partial charge in [0.05, 0.1) is 18.0 Å². The maximum Gasteiger partial charge on any atom is 0.305 e. The summed E-state index contributed by atoms with van der Waals surface area (Å²) in [4.78, 5) is 21.7. The Morgan fingerprint density at radius 1 is 0.794 bits per heavy atom. The highest BCUT2D eigenvalue weighted by atomic mass is 16.5. The van der Waals surface area contributed by atoms with Gasteiger partial charge in [-0.05, 0) is 39.7 Å². The number of hydrogen-bond donors (Lipinski definition) is 0. The number of benzene rings is 2. The van der Waals surface area contributed by atoms with E-state index in [0.29, 0.717) is 13.0 Å². The fourth-order valence-electron chi connectivity index (χ4n) is 4.14. The lowest BCUT2D eigenvalue weighted by atomic mass is 10.0. The molecular weight excluding hydrogens is 422 g/mol. The van der Waals surface area contributed by atoms with Crippen molar-refractivity contribution in [3.8, 4) is 22.5 Å². The van der Waals surface area contributed by atoms with Gasteiger partial charge in [-0.1, -0.05) is 72.5 Å². The highest BCUT2D eigenvalue weighted by Gasteiger charge is 2.15. The number of ether oxygens (including phenoxy) is 1. The minimum Gasteiger partial charge on any atom is -0.466 e. The van der Waals surface area contributed by atoms with Gasteiger partial charge in [0.15, 0.2) is 5.65 Å². The van der Waals surface area contributed by atoms with Crippen LogP contribution in [0.3, 0.4) is 0 Å². The van der Waals surface area contributed by atoms with Gasteiger partial charge in [0.1, 0.15) is 5.52 Å². The number of esters is 1. The number of aryl methyl sites for hydroxylation is 3. The van der Waals surface area contributed by atoms with E-state index in [1.807, 2.05) is 6.92 Å². The number of fused-ring (bicyclic) bond motifs is 1. The molecule has 2 aromatic carbocycles. The summed E-state index contributed by atoms with van der Waals surface area (Å²) in [6.45, 7) is 7.37. The number of carbonyl (C=O) groups is 1. The third-order valence-corrected chi connectivity index (χ3v) is 6.07. The Morgan fingerprint density at radius 3 is 2.00 bits per heavy atom. The number of hydrogen-bond acceptors (Lipinski definition) is 4. The summed E-state index contributed by atoms with van der Waals surface area (Å²) >= 11 is 0. The van der Waals surface area contributed by atoms with Gasteiger partial charge < -0.3 is 9.30 Å². The Kier molecular flexibility index (Phi) is 7.73. The molecule has 0 saturated heterocycles. The fourth-order valence-corrected chi connectivity index (χ4v) is 4.14. The molecule has 34 heavy (non-hydrogen) atoms. The Bertz CT molecular complexity index is 1240. The third kappa shape index (κ3) is 5.71. The van der Waals surface area contributed by atoms with Gasteiger partial charge in [-0.2, -0.15) is 0 Å². The van der Waals surface area contributed by atoms with Gasteiger partial charge in [-0.3, -0.25) is 4.79 Å². The number of nitrogens with zero attached hydrogens (tertiary/aromatic N) is 3. The lowest BCUT2D eigenvalue weighted by Crippen LogP contribution is -2.03. The van der Waals surface area contributed by atoms with Crippen molar-refractivity contribution in [2.75, 3.05) is 6.61 Å². The molecule has 0 N–H and O–H groups in total. The molecule has 0 atom stereocenters. The van der Waals surface area contributed by atoms with Crippen LogP contribution in [0.2, 0.25) is 0 Å².